The molecule has 3 heterocycles. The lowest BCUT2D eigenvalue weighted by Crippen LogP contribution is -2.16. The van der Waals surface area contributed by atoms with Crippen LogP contribution in [0.1, 0.15) is 21.6 Å². The summed E-state index contributed by atoms with van der Waals surface area (Å²) in [5.41, 5.74) is 3.70. The Kier molecular flexibility index (Phi) is 5.14. The zero-order chi connectivity index (χ0) is 22.9. The smallest absolute Gasteiger partial charge is 0.339 e. The Morgan fingerprint density at radius 1 is 1.00 bits per heavy atom. The van der Waals surface area contributed by atoms with Crippen LogP contribution >= 0.6 is 0 Å². The third kappa shape index (κ3) is 4.08. The molecule has 0 N–H and O–H groups in total. The number of pyridine rings is 2. The van der Waals surface area contributed by atoms with Crippen LogP contribution in [0.15, 0.2) is 83.8 Å². The fraction of sp³-hybridized carbons (Fsp3) is 0.0769. The molecule has 0 bridgehead atoms. The van der Waals surface area contributed by atoms with Crippen molar-refractivity contribution >= 4 is 22.5 Å². The number of hydrogen-bond donors (Lipinski definition) is 0. The zero-order valence-corrected chi connectivity index (χ0v) is 17.7. The molecular weight excluding hydrogens is 421 g/mol. The Bertz CT molecular complexity index is 1580. The van der Waals surface area contributed by atoms with Gasteiger partial charge in [0.2, 0.25) is 0 Å². The topological polar surface area (TPSA) is 73.6 Å². The molecule has 0 amide bonds. The number of ether oxygens (including phenoxy) is 1. The third-order valence-electron chi connectivity index (χ3n) is 5.30. The van der Waals surface area contributed by atoms with Crippen LogP contribution in [0.3, 0.4) is 0 Å². The summed E-state index contributed by atoms with van der Waals surface area (Å²) >= 11 is 0. The van der Waals surface area contributed by atoms with Crippen molar-refractivity contribution in [3.63, 3.8) is 0 Å². The number of para-hydroxylation sites is 1. The van der Waals surface area contributed by atoms with E-state index in [1.807, 2.05) is 25.1 Å². The second-order valence-corrected chi connectivity index (χ2v) is 7.67. The van der Waals surface area contributed by atoms with Gasteiger partial charge in [0.1, 0.15) is 18.1 Å². The van der Waals surface area contributed by atoms with E-state index < -0.39 is 5.97 Å². The van der Waals surface area contributed by atoms with Gasteiger partial charge in [0.15, 0.2) is 0 Å². The molecule has 0 radical (unpaired) electrons. The van der Waals surface area contributed by atoms with Gasteiger partial charge in [0.05, 0.1) is 22.5 Å². The number of carbonyl (C=O) groups excluding carboxylic acids is 1. The van der Waals surface area contributed by atoms with Crippen LogP contribution in [0.2, 0.25) is 0 Å². The average Bonchev–Trinajstić information content (AvgIpc) is 2.82. The SMILES string of the molecule is Cc1ccn2c(=O)cc(COC(=O)c3cc(-c4ccc(F)cc4)nc4ccccc34)nc2c1. The molecule has 3 aromatic heterocycles. The fourth-order valence-electron chi connectivity index (χ4n) is 3.66. The maximum atomic E-state index is 13.3. The van der Waals surface area contributed by atoms with Gasteiger partial charge in [-0.2, -0.15) is 0 Å². The number of carbonyl (C=O) groups is 1. The van der Waals surface area contributed by atoms with Gasteiger partial charge in [-0.15, -0.1) is 0 Å². The normalized spacial score (nSPS) is 11.1. The van der Waals surface area contributed by atoms with Crippen LogP contribution in [0.4, 0.5) is 4.39 Å². The van der Waals surface area contributed by atoms with E-state index in [2.05, 4.69) is 9.97 Å². The van der Waals surface area contributed by atoms with Gasteiger partial charge in [-0.1, -0.05) is 18.2 Å². The van der Waals surface area contributed by atoms with E-state index in [1.54, 1.807) is 42.6 Å². The maximum Gasteiger partial charge on any atom is 0.339 e. The molecule has 0 saturated carbocycles. The molecule has 7 heteroatoms. The first kappa shape index (κ1) is 20.5. The molecule has 0 aliphatic heterocycles. The van der Waals surface area contributed by atoms with Crippen LogP contribution in [-0.2, 0) is 11.3 Å². The molecule has 2 aromatic carbocycles. The minimum atomic E-state index is -0.566. The quantitative estimate of drug-likeness (QED) is 0.379. The number of aromatic nitrogens is 3. The number of nitrogens with zero attached hydrogens (tertiary/aromatic N) is 3. The van der Waals surface area contributed by atoms with Gasteiger partial charge in [0, 0.05) is 23.2 Å². The molecule has 0 aliphatic rings. The Labute approximate surface area is 187 Å². The molecule has 0 atom stereocenters. The summed E-state index contributed by atoms with van der Waals surface area (Å²) in [6, 6.07) is 19.7. The number of halogens is 1. The Morgan fingerprint density at radius 3 is 2.61 bits per heavy atom. The Balaban J connectivity index is 1.49. The Morgan fingerprint density at radius 2 is 1.79 bits per heavy atom. The number of rotatable bonds is 4. The van der Waals surface area contributed by atoms with Crippen molar-refractivity contribution in [1.29, 1.82) is 0 Å². The summed E-state index contributed by atoms with van der Waals surface area (Å²) in [7, 11) is 0. The van der Waals surface area contributed by atoms with E-state index in [4.69, 9.17) is 4.74 Å². The molecule has 0 fully saturated rings. The summed E-state index contributed by atoms with van der Waals surface area (Å²) in [6.07, 6.45) is 1.66. The van der Waals surface area contributed by atoms with Gasteiger partial charge in [-0.05, 0) is 61.0 Å². The molecule has 6 nitrogen and oxygen atoms in total. The predicted octanol–water partition coefficient (Wildman–Crippen LogP) is 4.71. The first-order valence-corrected chi connectivity index (χ1v) is 10.3. The van der Waals surface area contributed by atoms with E-state index >= 15 is 0 Å². The molecule has 33 heavy (non-hydrogen) atoms. The largest absolute Gasteiger partial charge is 0.456 e. The molecule has 5 aromatic rings. The van der Waals surface area contributed by atoms with Crippen LogP contribution in [0.5, 0.6) is 0 Å². The Hall–Kier alpha value is -4.39. The van der Waals surface area contributed by atoms with E-state index in [9.17, 15) is 14.0 Å². The van der Waals surface area contributed by atoms with Crippen molar-refractivity contribution in [1.82, 2.24) is 14.4 Å². The molecule has 5 rings (SSSR count). The van der Waals surface area contributed by atoms with Crippen molar-refractivity contribution in [2.75, 3.05) is 0 Å². The monoisotopic (exact) mass is 439 g/mol. The summed E-state index contributed by atoms with van der Waals surface area (Å²) in [5, 5.41) is 0.635. The van der Waals surface area contributed by atoms with Gasteiger partial charge in [-0.25, -0.2) is 19.2 Å². The molecule has 0 saturated heterocycles. The number of esters is 1. The zero-order valence-electron chi connectivity index (χ0n) is 17.7. The summed E-state index contributed by atoms with van der Waals surface area (Å²) in [5.74, 6) is -0.920. The number of benzene rings is 2. The van der Waals surface area contributed by atoms with E-state index in [-0.39, 0.29) is 18.0 Å². The highest BCUT2D eigenvalue weighted by Gasteiger charge is 2.16. The summed E-state index contributed by atoms with van der Waals surface area (Å²) in [4.78, 5) is 34.5. The first-order valence-electron chi connectivity index (χ1n) is 10.3. The maximum absolute atomic E-state index is 13.3. The lowest BCUT2D eigenvalue weighted by Gasteiger charge is -2.10. The van der Waals surface area contributed by atoms with Crippen molar-refractivity contribution in [3.05, 3.63) is 112 Å². The van der Waals surface area contributed by atoms with Gasteiger partial charge in [-0.3, -0.25) is 9.20 Å². The van der Waals surface area contributed by atoms with E-state index in [0.717, 1.165) is 5.56 Å². The lowest BCUT2D eigenvalue weighted by molar-refractivity contribution is 0.0470. The third-order valence-corrected chi connectivity index (χ3v) is 5.30. The molecule has 0 unspecified atom stereocenters. The van der Waals surface area contributed by atoms with Crippen molar-refractivity contribution in [2.24, 2.45) is 0 Å². The highest BCUT2D eigenvalue weighted by atomic mass is 19.1. The molecular formula is C26H18FN3O3. The van der Waals surface area contributed by atoms with Crippen molar-refractivity contribution < 1.29 is 13.9 Å². The minimum Gasteiger partial charge on any atom is -0.456 e. The van der Waals surface area contributed by atoms with E-state index in [0.29, 0.717) is 39.1 Å². The first-order chi connectivity index (χ1) is 16.0. The predicted molar refractivity (Wildman–Crippen MR) is 122 cm³/mol. The van der Waals surface area contributed by atoms with Crippen LogP contribution in [0, 0.1) is 12.7 Å². The van der Waals surface area contributed by atoms with Crippen LogP contribution in [0.25, 0.3) is 27.8 Å². The van der Waals surface area contributed by atoms with Gasteiger partial charge in [0.25, 0.3) is 5.56 Å². The number of fused-ring (bicyclic) bond motifs is 2. The second kappa shape index (κ2) is 8.27. The number of hydrogen-bond acceptors (Lipinski definition) is 5. The summed E-state index contributed by atoms with van der Waals surface area (Å²) < 4.78 is 20.3. The molecule has 0 aliphatic carbocycles. The van der Waals surface area contributed by atoms with Crippen molar-refractivity contribution in [3.8, 4) is 11.3 Å². The minimum absolute atomic E-state index is 0.152. The molecule has 162 valence electrons. The summed E-state index contributed by atoms with van der Waals surface area (Å²) in [6.45, 7) is 1.76. The number of aryl methyl sites for hydroxylation is 1. The second-order valence-electron chi connectivity index (χ2n) is 7.67. The van der Waals surface area contributed by atoms with E-state index in [1.165, 1.54) is 22.6 Å². The molecule has 0 spiro atoms. The van der Waals surface area contributed by atoms with Gasteiger partial charge >= 0.3 is 5.97 Å². The van der Waals surface area contributed by atoms with Gasteiger partial charge < -0.3 is 4.74 Å². The van der Waals surface area contributed by atoms with Crippen LogP contribution < -0.4 is 5.56 Å². The highest BCUT2D eigenvalue weighted by molar-refractivity contribution is 6.04. The standard InChI is InChI=1S/C26H18FN3O3/c1-16-10-11-30-24(12-16)28-19(13-25(30)31)15-33-26(32)21-14-23(17-6-8-18(27)9-7-17)29-22-5-3-2-4-20(21)22/h2-14H,15H2,1H3. The highest BCUT2D eigenvalue weighted by Crippen LogP contribution is 2.26. The lowest BCUT2D eigenvalue weighted by atomic mass is 10.0. The average molecular weight is 439 g/mol. The van der Waals surface area contributed by atoms with Crippen LogP contribution in [-0.4, -0.2) is 20.3 Å². The fourth-order valence-corrected chi connectivity index (χ4v) is 3.66. The van der Waals surface area contributed by atoms with Crippen molar-refractivity contribution in [2.45, 2.75) is 13.5 Å².